The monoisotopic (exact) mass is 209 g/mol. The third-order valence-corrected chi connectivity index (χ3v) is 1.56. The Balaban J connectivity index is 2.62. The van der Waals surface area contributed by atoms with E-state index in [1.54, 1.807) is 7.05 Å². The van der Waals surface area contributed by atoms with Crippen molar-refractivity contribution in [2.24, 2.45) is 5.73 Å². The van der Waals surface area contributed by atoms with Crippen LogP contribution in [0.4, 0.5) is 5.82 Å². The molecular weight excluding hydrogens is 198 g/mol. The molecule has 4 N–H and O–H groups in total. The summed E-state index contributed by atoms with van der Waals surface area (Å²) in [5.74, 6) is -0.534. The van der Waals surface area contributed by atoms with Crippen LogP contribution >= 0.6 is 0 Å². The van der Waals surface area contributed by atoms with Gasteiger partial charge in [0.15, 0.2) is 0 Å². The second-order valence-corrected chi connectivity index (χ2v) is 2.69. The Labute approximate surface area is 86.1 Å². The van der Waals surface area contributed by atoms with E-state index in [0.29, 0.717) is 5.82 Å². The highest BCUT2D eigenvalue weighted by Gasteiger charge is 2.07. The number of carbonyl (C=O) groups is 2. The molecule has 0 aliphatic carbocycles. The number of rotatable bonds is 4. The topological polar surface area (TPSA) is 110 Å². The summed E-state index contributed by atoms with van der Waals surface area (Å²) in [5.41, 5.74) is 5.00. The average molecular weight is 209 g/mol. The highest BCUT2D eigenvalue weighted by atomic mass is 16.2. The fourth-order valence-corrected chi connectivity index (χ4v) is 0.832. The summed E-state index contributed by atoms with van der Waals surface area (Å²) in [6, 6.07) is 0. The van der Waals surface area contributed by atoms with Gasteiger partial charge >= 0.3 is 0 Å². The molecule has 0 saturated carbocycles. The van der Waals surface area contributed by atoms with E-state index >= 15 is 0 Å². The number of anilines is 1. The molecule has 0 bridgehead atoms. The van der Waals surface area contributed by atoms with Crippen LogP contribution in [0.5, 0.6) is 0 Å². The Morgan fingerprint density at radius 2 is 2.13 bits per heavy atom. The first-order valence-electron chi connectivity index (χ1n) is 4.19. The summed E-state index contributed by atoms with van der Waals surface area (Å²) in [6.07, 6.45) is 2.72. The zero-order chi connectivity index (χ0) is 11.3. The molecule has 0 aromatic carbocycles. The Bertz CT molecular complexity index is 362. The molecule has 1 aromatic heterocycles. The predicted molar refractivity (Wildman–Crippen MR) is 53.1 cm³/mol. The van der Waals surface area contributed by atoms with Crippen LogP contribution < -0.4 is 16.4 Å². The van der Waals surface area contributed by atoms with Crippen molar-refractivity contribution in [3.8, 4) is 0 Å². The van der Waals surface area contributed by atoms with Crippen molar-refractivity contribution in [1.29, 1.82) is 0 Å². The number of nitrogens with two attached hydrogens (primary N) is 1. The summed E-state index contributed by atoms with van der Waals surface area (Å²) in [7, 11) is 1.69. The van der Waals surface area contributed by atoms with Gasteiger partial charge in [-0.15, -0.1) is 0 Å². The van der Waals surface area contributed by atoms with Gasteiger partial charge in [-0.1, -0.05) is 0 Å². The molecule has 80 valence electrons. The molecule has 1 heterocycles. The van der Waals surface area contributed by atoms with Crippen LogP contribution in [0, 0.1) is 0 Å². The molecule has 0 fully saturated rings. The van der Waals surface area contributed by atoms with E-state index in [-0.39, 0.29) is 12.2 Å². The highest BCUT2D eigenvalue weighted by Crippen LogP contribution is 1.98. The van der Waals surface area contributed by atoms with Crippen molar-refractivity contribution < 1.29 is 9.59 Å². The predicted octanol–water partition coefficient (Wildman–Crippen LogP) is -1.27. The van der Waals surface area contributed by atoms with Crippen LogP contribution in [0.25, 0.3) is 0 Å². The molecule has 7 nitrogen and oxygen atoms in total. The minimum absolute atomic E-state index is 0.134. The van der Waals surface area contributed by atoms with Crippen LogP contribution in [0.1, 0.15) is 10.5 Å². The van der Waals surface area contributed by atoms with Gasteiger partial charge < -0.3 is 16.4 Å². The van der Waals surface area contributed by atoms with Crippen LogP contribution in [0.2, 0.25) is 0 Å². The maximum absolute atomic E-state index is 11.3. The van der Waals surface area contributed by atoms with Gasteiger partial charge in [0.2, 0.25) is 5.91 Å². The fourth-order valence-electron chi connectivity index (χ4n) is 0.832. The molecule has 2 amide bonds. The van der Waals surface area contributed by atoms with E-state index < -0.39 is 11.8 Å². The molecule has 1 rings (SSSR count). The molecular formula is C8H11N5O2. The first kappa shape index (κ1) is 10.9. The molecule has 0 saturated heterocycles. The molecule has 0 aliphatic rings. The fraction of sp³-hybridized carbons (Fsp3) is 0.250. The number of primary amides is 1. The number of aromatic nitrogens is 2. The highest BCUT2D eigenvalue weighted by molar-refractivity contribution is 5.94. The van der Waals surface area contributed by atoms with Crippen LogP contribution in [0.3, 0.4) is 0 Å². The first-order chi connectivity index (χ1) is 7.13. The minimum atomic E-state index is -0.608. The lowest BCUT2D eigenvalue weighted by Crippen LogP contribution is -2.33. The lowest BCUT2D eigenvalue weighted by molar-refractivity contribution is -0.117. The summed E-state index contributed by atoms with van der Waals surface area (Å²) in [6.45, 7) is -0.214. The van der Waals surface area contributed by atoms with E-state index in [1.165, 1.54) is 12.4 Å². The van der Waals surface area contributed by atoms with Gasteiger partial charge in [-0.25, -0.2) is 9.97 Å². The number of hydrogen-bond donors (Lipinski definition) is 3. The second-order valence-electron chi connectivity index (χ2n) is 2.69. The van der Waals surface area contributed by atoms with Gasteiger partial charge in [-0.2, -0.15) is 0 Å². The zero-order valence-electron chi connectivity index (χ0n) is 8.15. The van der Waals surface area contributed by atoms with Gasteiger partial charge in [0.1, 0.15) is 11.5 Å². The van der Waals surface area contributed by atoms with Gasteiger partial charge in [-0.05, 0) is 0 Å². The quantitative estimate of drug-likeness (QED) is 0.573. The molecule has 7 heteroatoms. The van der Waals surface area contributed by atoms with E-state index in [4.69, 9.17) is 5.73 Å². The number of amides is 2. The van der Waals surface area contributed by atoms with Gasteiger partial charge in [0, 0.05) is 7.05 Å². The van der Waals surface area contributed by atoms with Crippen molar-refractivity contribution in [1.82, 2.24) is 15.3 Å². The third kappa shape index (κ3) is 3.22. The number of carbonyl (C=O) groups excluding carboxylic acids is 2. The van der Waals surface area contributed by atoms with Crippen molar-refractivity contribution in [3.05, 3.63) is 18.1 Å². The standard InChI is InChI=1S/C8H11N5O2/c1-10-7-4-11-5(2-12-7)8(15)13-3-6(9)14/h2,4H,3H2,1H3,(H2,9,14)(H,10,12)(H,13,15). The first-order valence-corrected chi connectivity index (χ1v) is 4.19. The molecule has 0 unspecified atom stereocenters. The molecule has 1 aromatic rings. The Kier molecular flexibility index (Phi) is 3.55. The lowest BCUT2D eigenvalue weighted by Gasteiger charge is -2.02. The SMILES string of the molecule is CNc1cnc(C(=O)NCC(N)=O)cn1. The van der Waals surface area contributed by atoms with E-state index in [2.05, 4.69) is 20.6 Å². The van der Waals surface area contributed by atoms with Crippen LogP contribution in [-0.4, -0.2) is 35.4 Å². The number of nitrogens with one attached hydrogen (secondary N) is 2. The van der Waals surface area contributed by atoms with E-state index in [0.717, 1.165) is 0 Å². The summed E-state index contributed by atoms with van der Waals surface area (Å²) >= 11 is 0. The molecule has 0 aliphatic heterocycles. The van der Waals surface area contributed by atoms with E-state index in [1.807, 2.05) is 0 Å². The van der Waals surface area contributed by atoms with Gasteiger partial charge in [-0.3, -0.25) is 9.59 Å². The van der Waals surface area contributed by atoms with E-state index in [9.17, 15) is 9.59 Å². The smallest absolute Gasteiger partial charge is 0.271 e. The Hall–Kier alpha value is -2.18. The number of hydrogen-bond acceptors (Lipinski definition) is 5. The summed E-state index contributed by atoms with van der Waals surface area (Å²) in [5, 5.41) is 5.06. The summed E-state index contributed by atoms with van der Waals surface area (Å²) in [4.78, 5) is 29.4. The van der Waals surface area contributed by atoms with Crippen LogP contribution in [0.15, 0.2) is 12.4 Å². The molecule has 0 radical (unpaired) electrons. The van der Waals surface area contributed by atoms with Crippen molar-refractivity contribution in [3.63, 3.8) is 0 Å². The molecule has 0 spiro atoms. The van der Waals surface area contributed by atoms with Gasteiger partial charge in [0.05, 0.1) is 18.9 Å². The Morgan fingerprint density at radius 3 is 2.60 bits per heavy atom. The van der Waals surface area contributed by atoms with Crippen LogP contribution in [-0.2, 0) is 4.79 Å². The Morgan fingerprint density at radius 1 is 1.40 bits per heavy atom. The lowest BCUT2D eigenvalue weighted by atomic mass is 10.4. The molecule has 0 atom stereocenters. The van der Waals surface area contributed by atoms with Crippen molar-refractivity contribution in [2.45, 2.75) is 0 Å². The minimum Gasteiger partial charge on any atom is -0.372 e. The average Bonchev–Trinajstić information content (AvgIpc) is 2.26. The third-order valence-electron chi connectivity index (χ3n) is 1.56. The normalized spacial score (nSPS) is 9.40. The summed E-state index contributed by atoms with van der Waals surface area (Å²) < 4.78 is 0. The van der Waals surface area contributed by atoms with Gasteiger partial charge in [0.25, 0.3) is 5.91 Å². The van der Waals surface area contributed by atoms with Crippen molar-refractivity contribution >= 4 is 17.6 Å². The maximum Gasteiger partial charge on any atom is 0.271 e. The maximum atomic E-state index is 11.3. The van der Waals surface area contributed by atoms with Crippen molar-refractivity contribution in [2.75, 3.05) is 18.9 Å². The number of nitrogens with zero attached hydrogens (tertiary/aromatic N) is 2. The zero-order valence-corrected chi connectivity index (χ0v) is 8.15. The largest absolute Gasteiger partial charge is 0.372 e. The second kappa shape index (κ2) is 4.89. The molecule has 15 heavy (non-hydrogen) atoms.